The summed E-state index contributed by atoms with van der Waals surface area (Å²) in [6.45, 7) is 5.54. The quantitative estimate of drug-likeness (QED) is 0.335. The fraction of sp³-hybridized carbons (Fsp3) is 0.762. The molecule has 1 aromatic rings. The Morgan fingerprint density at radius 1 is 1.07 bits per heavy atom. The van der Waals surface area contributed by atoms with Crippen molar-refractivity contribution in [3.8, 4) is 0 Å². The highest BCUT2D eigenvalue weighted by Gasteiger charge is 2.20. The van der Waals surface area contributed by atoms with Gasteiger partial charge in [0.25, 0.3) is 0 Å². The molecule has 7 nitrogen and oxygen atoms in total. The van der Waals surface area contributed by atoms with Crippen LogP contribution in [0.3, 0.4) is 0 Å². The summed E-state index contributed by atoms with van der Waals surface area (Å²) in [5.74, 6) is 1.82. The number of aromatic nitrogens is 2. The SMILES string of the molecule is CN=C(NCCCCOC1CCCCCC1)N1CCN(c2ncccn2)CC1. The first-order valence-corrected chi connectivity index (χ1v) is 11.0. The van der Waals surface area contributed by atoms with Crippen molar-refractivity contribution in [2.45, 2.75) is 57.5 Å². The molecule has 2 fully saturated rings. The Morgan fingerprint density at radius 2 is 1.79 bits per heavy atom. The molecule has 0 radical (unpaired) electrons. The molecule has 1 aliphatic carbocycles. The molecule has 2 aliphatic rings. The van der Waals surface area contributed by atoms with Gasteiger partial charge in [0.2, 0.25) is 5.95 Å². The number of hydrogen-bond donors (Lipinski definition) is 1. The molecule has 1 N–H and O–H groups in total. The van der Waals surface area contributed by atoms with Gasteiger partial charge in [-0.25, -0.2) is 9.97 Å². The van der Waals surface area contributed by atoms with Crippen LogP contribution in [0.2, 0.25) is 0 Å². The molecule has 0 aromatic carbocycles. The summed E-state index contributed by atoms with van der Waals surface area (Å²) in [5.41, 5.74) is 0. The van der Waals surface area contributed by atoms with Crippen LogP contribution in [0.4, 0.5) is 5.95 Å². The first kappa shape index (κ1) is 20.8. The lowest BCUT2D eigenvalue weighted by molar-refractivity contribution is 0.0411. The van der Waals surface area contributed by atoms with Crippen molar-refractivity contribution in [3.05, 3.63) is 18.5 Å². The van der Waals surface area contributed by atoms with E-state index < -0.39 is 0 Å². The van der Waals surface area contributed by atoms with Crippen molar-refractivity contribution in [1.29, 1.82) is 0 Å². The van der Waals surface area contributed by atoms with Crippen molar-refractivity contribution in [2.24, 2.45) is 4.99 Å². The standard InChI is InChI=1S/C21H36N6O/c1-22-20(23-11-6-7-18-28-19-9-4-2-3-5-10-19)26-14-16-27(17-15-26)21-24-12-8-13-25-21/h8,12-13,19H,2-7,9-11,14-18H2,1H3,(H,22,23). The Balaban J connectivity index is 1.28. The van der Waals surface area contributed by atoms with Gasteiger partial charge in [-0.05, 0) is 31.7 Å². The zero-order valence-electron chi connectivity index (χ0n) is 17.4. The minimum Gasteiger partial charge on any atom is -0.378 e. The summed E-state index contributed by atoms with van der Waals surface area (Å²) in [7, 11) is 1.87. The van der Waals surface area contributed by atoms with E-state index >= 15 is 0 Å². The molecule has 0 amide bonds. The highest BCUT2D eigenvalue weighted by molar-refractivity contribution is 5.80. The molecular formula is C21H36N6O. The first-order valence-electron chi connectivity index (χ1n) is 11.0. The molecule has 2 heterocycles. The highest BCUT2D eigenvalue weighted by atomic mass is 16.5. The van der Waals surface area contributed by atoms with E-state index in [9.17, 15) is 0 Å². The lowest BCUT2D eigenvalue weighted by Crippen LogP contribution is -2.53. The Hall–Kier alpha value is -1.89. The number of nitrogens with zero attached hydrogens (tertiary/aromatic N) is 5. The van der Waals surface area contributed by atoms with Crippen LogP contribution < -0.4 is 10.2 Å². The van der Waals surface area contributed by atoms with Crippen molar-refractivity contribution in [3.63, 3.8) is 0 Å². The Labute approximate surface area is 169 Å². The van der Waals surface area contributed by atoms with E-state index in [-0.39, 0.29) is 0 Å². The molecule has 7 heteroatoms. The number of unbranched alkanes of at least 4 members (excludes halogenated alkanes) is 1. The molecule has 0 bridgehead atoms. The zero-order chi connectivity index (χ0) is 19.4. The molecule has 28 heavy (non-hydrogen) atoms. The minimum atomic E-state index is 0.508. The van der Waals surface area contributed by atoms with Crippen molar-refractivity contribution < 1.29 is 4.74 Å². The highest BCUT2D eigenvalue weighted by Crippen LogP contribution is 2.19. The van der Waals surface area contributed by atoms with Gasteiger partial charge in [0.1, 0.15) is 0 Å². The van der Waals surface area contributed by atoms with Crippen molar-refractivity contribution >= 4 is 11.9 Å². The molecule has 156 valence electrons. The van der Waals surface area contributed by atoms with Gasteiger partial charge >= 0.3 is 0 Å². The van der Waals surface area contributed by atoms with Gasteiger partial charge in [-0.1, -0.05) is 25.7 Å². The van der Waals surface area contributed by atoms with Crippen LogP contribution in [0.5, 0.6) is 0 Å². The predicted molar refractivity (Wildman–Crippen MR) is 114 cm³/mol. The number of ether oxygens (including phenoxy) is 1. The van der Waals surface area contributed by atoms with Crippen LogP contribution >= 0.6 is 0 Å². The van der Waals surface area contributed by atoms with Crippen LogP contribution in [0, 0.1) is 0 Å². The number of nitrogens with one attached hydrogen (secondary N) is 1. The Bertz CT molecular complexity index is 566. The molecule has 3 rings (SSSR count). The third-order valence-electron chi connectivity index (χ3n) is 5.64. The predicted octanol–water partition coefficient (Wildman–Crippen LogP) is 2.69. The fourth-order valence-electron chi connectivity index (χ4n) is 3.99. The summed E-state index contributed by atoms with van der Waals surface area (Å²) < 4.78 is 6.08. The molecule has 1 saturated carbocycles. The van der Waals surface area contributed by atoms with Crippen molar-refractivity contribution in [2.75, 3.05) is 51.3 Å². The van der Waals surface area contributed by atoms with Crippen molar-refractivity contribution in [1.82, 2.24) is 20.2 Å². The lowest BCUT2D eigenvalue weighted by atomic mass is 10.1. The molecular weight excluding hydrogens is 352 g/mol. The van der Waals surface area contributed by atoms with Gasteiger partial charge in [0.15, 0.2) is 5.96 Å². The van der Waals surface area contributed by atoms with E-state index in [1.807, 2.05) is 13.1 Å². The average Bonchev–Trinajstić information content (AvgIpc) is 3.03. The smallest absolute Gasteiger partial charge is 0.225 e. The van der Waals surface area contributed by atoms with Gasteiger partial charge in [-0.2, -0.15) is 0 Å². The normalized spacial score (nSPS) is 19.5. The summed E-state index contributed by atoms with van der Waals surface area (Å²) in [4.78, 5) is 17.7. The van der Waals surface area contributed by atoms with Crippen LogP contribution in [0.25, 0.3) is 0 Å². The molecule has 0 unspecified atom stereocenters. The van der Waals surface area contributed by atoms with E-state index in [0.29, 0.717) is 6.10 Å². The second-order valence-corrected chi connectivity index (χ2v) is 7.69. The van der Waals surface area contributed by atoms with Crippen LogP contribution in [-0.2, 0) is 4.74 Å². The molecule has 0 spiro atoms. The number of guanidine groups is 1. The topological polar surface area (TPSA) is 65.9 Å². The van der Waals surface area contributed by atoms with Crippen LogP contribution in [0.1, 0.15) is 51.4 Å². The number of rotatable bonds is 7. The third-order valence-corrected chi connectivity index (χ3v) is 5.64. The van der Waals surface area contributed by atoms with E-state index in [1.54, 1.807) is 12.4 Å². The number of hydrogen-bond acceptors (Lipinski definition) is 5. The van der Waals surface area contributed by atoms with Crippen LogP contribution in [0.15, 0.2) is 23.5 Å². The molecule has 1 aliphatic heterocycles. The largest absolute Gasteiger partial charge is 0.378 e. The maximum atomic E-state index is 6.08. The first-order chi connectivity index (χ1) is 13.9. The van der Waals surface area contributed by atoms with E-state index in [0.717, 1.165) is 64.1 Å². The molecule has 1 aromatic heterocycles. The third kappa shape index (κ3) is 6.62. The Kier molecular flexibility index (Phi) is 8.81. The average molecular weight is 389 g/mol. The summed E-state index contributed by atoms with van der Waals surface area (Å²) in [5, 5.41) is 3.51. The van der Waals surface area contributed by atoms with Gasteiger partial charge in [-0.15, -0.1) is 0 Å². The van der Waals surface area contributed by atoms with E-state index in [4.69, 9.17) is 4.74 Å². The summed E-state index contributed by atoms with van der Waals surface area (Å²) in [6, 6.07) is 1.85. The number of piperazine rings is 1. The fourth-order valence-corrected chi connectivity index (χ4v) is 3.99. The van der Waals surface area contributed by atoms with Gasteiger partial charge in [0, 0.05) is 58.8 Å². The number of aliphatic imine (C=N–C) groups is 1. The summed E-state index contributed by atoms with van der Waals surface area (Å²) in [6.07, 6.45) is 14.3. The van der Waals surface area contributed by atoms with E-state index in [2.05, 4.69) is 30.1 Å². The second-order valence-electron chi connectivity index (χ2n) is 7.69. The zero-order valence-corrected chi connectivity index (χ0v) is 17.4. The minimum absolute atomic E-state index is 0.508. The molecule has 0 atom stereocenters. The summed E-state index contributed by atoms with van der Waals surface area (Å²) >= 11 is 0. The molecule has 1 saturated heterocycles. The maximum Gasteiger partial charge on any atom is 0.225 e. The van der Waals surface area contributed by atoms with Gasteiger partial charge < -0.3 is 19.9 Å². The monoisotopic (exact) mass is 388 g/mol. The van der Waals surface area contributed by atoms with Gasteiger partial charge in [-0.3, -0.25) is 4.99 Å². The maximum absolute atomic E-state index is 6.08. The Morgan fingerprint density at radius 3 is 2.46 bits per heavy atom. The van der Waals surface area contributed by atoms with E-state index in [1.165, 1.54) is 38.5 Å². The van der Waals surface area contributed by atoms with Crippen LogP contribution in [-0.4, -0.2) is 73.3 Å². The second kappa shape index (κ2) is 11.8. The van der Waals surface area contributed by atoms with Gasteiger partial charge in [0.05, 0.1) is 6.10 Å². The number of anilines is 1. The lowest BCUT2D eigenvalue weighted by Gasteiger charge is -2.36.